The highest BCUT2D eigenvalue weighted by Gasteiger charge is 2.26. The van der Waals surface area contributed by atoms with Crippen LogP contribution in [0.5, 0.6) is 0 Å². The van der Waals surface area contributed by atoms with Crippen molar-refractivity contribution in [2.24, 2.45) is 0 Å². The van der Waals surface area contributed by atoms with Gasteiger partial charge in [-0.15, -0.1) is 0 Å². The number of halogens is 1. The number of aryl methyl sites for hydroxylation is 2. The van der Waals surface area contributed by atoms with Crippen LogP contribution in [-0.4, -0.2) is 28.8 Å². The van der Waals surface area contributed by atoms with E-state index in [-0.39, 0.29) is 24.3 Å². The highest BCUT2D eigenvalue weighted by atomic mass is 79.9. The molecule has 2 aromatic rings. The van der Waals surface area contributed by atoms with Gasteiger partial charge in [0.2, 0.25) is 11.8 Å². The number of nitrogens with zero attached hydrogens (tertiary/aromatic N) is 1. The normalized spacial score (nSPS) is 12.0. The lowest BCUT2D eigenvalue weighted by molar-refractivity contribution is -0.140. The lowest BCUT2D eigenvalue weighted by Crippen LogP contribution is -2.49. The standard InChI is InChI=1S/C23H29BrN2O2/c1-15(2)25-23(28)18(5)26(14-19-7-6-8-21(24)12-19)22(27)13-20-10-16(3)9-17(4)11-20/h6-12,15,18H,13-14H2,1-5H3,(H,25,28)/t18-/m0/s1. The van der Waals surface area contributed by atoms with Crippen LogP contribution in [0, 0.1) is 13.8 Å². The molecule has 2 aromatic carbocycles. The van der Waals surface area contributed by atoms with Crippen molar-refractivity contribution in [3.63, 3.8) is 0 Å². The van der Waals surface area contributed by atoms with Gasteiger partial charge in [0.1, 0.15) is 6.04 Å². The summed E-state index contributed by atoms with van der Waals surface area (Å²) in [6.45, 7) is 10.1. The first-order valence-electron chi connectivity index (χ1n) is 9.57. The number of hydrogen-bond acceptors (Lipinski definition) is 2. The van der Waals surface area contributed by atoms with E-state index in [1.807, 2.05) is 64.1 Å². The number of benzene rings is 2. The Kier molecular flexibility index (Phi) is 7.81. The first kappa shape index (κ1) is 22.2. The van der Waals surface area contributed by atoms with E-state index in [4.69, 9.17) is 0 Å². The Morgan fingerprint density at radius 3 is 2.21 bits per heavy atom. The average Bonchev–Trinajstić information content (AvgIpc) is 2.57. The van der Waals surface area contributed by atoms with Crippen LogP contribution in [0.1, 0.15) is 43.0 Å². The Hall–Kier alpha value is -2.14. The molecule has 2 rings (SSSR count). The third-order valence-corrected chi connectivity index (χ3v) is 4.97. The van der Waals surface area contributed by atoms with Crippen LogP contribution in [0.15, 0.2) is 46.9 Å². The summed E-state index contributed by atoms with van der Waals surface area (Å²) in [6.07, 6.45) is 0.274. The van der Waals surface area contributed by atoms with Gasteiger partial charge in [0, 0.05) is 17.1 Å². The predicted octanol–water partition coefficient (Wildman–Crippen LogP) is 4.55. The average molecular weight is 445 g/mol. The maximum absolute atomic E-state index is 13.2. The van der Waals surface area contributed by atoms with Crippen LogP contribution in [0.25, 0.3) is 0 Å². The van der Waals surface area contributed by atoms with E-state index in [0.29, 0.717) is 6.54 Å². The Balaban J connectivity index is 2.27. The Morgan fingerprint density at radius 2 is 1.64 bits per heavy atom. The third kappa shape index (κ3) is 6.48. The van der Waals surface area contributed by atoms with Gasteiger partial charge in [-0.05, 0) is 57.9 Å². The summed E-state index contributed by atoms with van der Waals surface area (Å²) in [5.41, 5.74) is 4.21. The molecule has 1 atom stereocenters. The molecular formula is C23H29BrN2O2. The maximum Gasteiger partial charge on any atom is 0.242 e. The first-order valence-corrected chi connectivity index (χ1v) is 10.4. The summed E-state index contributed by atoms with van der Waals surface area (Å²) in [5, 5.41) is 2.92. The molecule has 0 bridgehead atoms. The summed E-state index contributed by atoms with van der Waals surface area (Å²) in [7, 11) is 0. The molecule has 0 saturated carbocycles. The van der Waals surface area contributed by atoms with Gasteiger partial charge in [0.05, 0.1) is 6.42 Å². The molecule has 0 unspecified atom stereocenters. The monoisotopic (exact) mass is 444 g/mol. The smallest absolute Gasteiger partial charge is 0.242 e. The van der Waals surface area contributed by atoms with Crippen molar-refractivity contribution in [3.05, 3.63) is 69.2 Å². The second-order valence-electron chi connectivity index (χ2n) is 7.66. The number of hydrogen-bond donors (Lipinski definition) is 1. The molecule has 0 aliphatic carbocycles. The van der Waals surface area contributed by atoms with E-state index in [0.717, 1.165) is 26.7 Å². The highest BCUT2D eigenvalue weighted by molar-refractivity contribution is 9.10. The van der Waals surface area contributed by atoms with Gasteiger partial charge in [-0.25, -0.2) is 0 Å². The molecular weight excluding hydrogens is 416 g/mol. The van der Waals surface area contributed by atoms with Gasteiger partial charge in [0.15, 0.2) is 0 Å². The van der Waals surface area contributed by atoms with Crippen molar-refractivity contribution in [1.82, 2.24) is 10.2 Å². The van der Waals surface area contributed by atoms with Crippen LogP contribution in [0.2, 0.25) is 0 Å². The second-order valence-corrected chi connectivity index (χ2v) is 8.58. The molecule has 150 valence electrons. The van der Waals surface area contributed by atoms with Crippen molar-refractivity contribution < 1.29 is 9.59 Å². The van der Waals surface area contributed by atoms with Crippen LogP contribution in [-0.2, 0) is 22.6 Å². The van der Waals surface area contributed by atoms with E-state index in [9.17, 15) is 9.59 Å². The van der Waals surface area contributed by atoms with Gasteiger partial charge in [0.25, 0.3) is 0 Å². The molecule has 0 heterocycles. The minimum absolute atomic E-state index is 0.0252. The molecule has 1 N–H and O–H groups in total. The second kappa shape index (κ2) is 9.87. The Labute approximate surface area is 176 Å². The Bertz CT molecular complexity index is 828. The summed E-state index contributed by atoms with van der Waals surface area (Å²) in [6, 6.07) is 13.4. The van der Waals surface area contributed by atoms with E-state index < -0.39 is 6.04 Å². The highest BCUT2D eigenvalue weighted by Crippen LogP contribution is 2.17. The van der Waals surface area contributed by atoms with Gasteiger partial charge in [-0.3, -0.25) is 9.59 Å². The fourth-order valence-corrected chi connectivity index (χ4v) is 3.71. The molecule has 0 aliphatic rings. The van der Waals surface area contributed by atoms with E-state index in [1.165, 1.54) is 0 Å². The molecule has 0 radical (unpaired) electrons. The van der Waals surface area contributed by atoms with Gasteiger partial charge >= 0.3 is 0 Å². The van der Waals surface area contributed by atoms with E-state index >= 15 is 0 Å². The zero-order valence-corrected chi connectivity index (χ0v) is 18.8. The molecule has 0 aliphatic heterocycles. The molecule has 0 spiro atoms. The Morgan fingerprint density at radius 1 is 1.00 bits per heavy atom. The molecule has 0 saturated heterocycles. The van der Waals surface area contributed by atoms with Gasteiger partial charge in [-0.1, -0.05) is 57.4 Å². The lowest BCUT2D eigenvalue weighted by atomic mass is 10.0. The van der Waals surface area contributed by atoms with Crippen molar-refractivity contribution >= 4 is 27.7 Å². The summed E-state index contributed by atoms with van der Waals surface area (Å²) in [4.78, 5) is 27.5. The number of carbonyl (C=O) groups excluding carboxylic acids is 2. The number of nitrogens with one attached hydrogen (secondary N) is 1. The topological polar surface area (TPSA) is 49.4 Å². The van der Waals surface area contributed by atoms with Crippen molar-refractivity contribution in [1.29, 1.82) is 0 Å². The zero-order valence-electron chi connectivity index (χ0n) is 17.3. The van der Waals surface area contributed by atoms with Crippen molar-refractivity contribution in [2.45, 2.75) is 59.7 Å². The molecule has 2 amide bonds. The summed E-state index contributed by atoms with van der Waals surface area (Å²) in [5.74, 6) is -0.199. The predicted molar refractivity (Wildman–Crippen MR) is 117 cm³/mol. The SMILES string of the molecule is Cc1cc(C)cc(CC(=O)N(Cc2cccc(Br)c2)[C@@H](C)C(=O)NC(C)C)c1. The van der Waals surface area contributed by atoms with Crippen LogP contribution in [0.4, 0.5) is 0 Å². The van der Waals surface area contributed by atoms with Crippen molar-refractivity contribution in [3.8, 4) is 0 Å². The molecule has 28 heavy (non-hydrogen) atoms. The molecule has 0 fully saturated rings. The summed E-state index contributed by atoms with van der Waals surface area (Å²) >= 11 is 3.47. The third-order valence-electron chi connectivity index (χ3n) is 4.48. The number of amides is 2. The largest absolute Gasteiger partial charge is 0.352 e. The van der Waals surface area contributed by atoms with E-state index in [1.54, 1.807) is 11.8 Å². The van der Waals surface area contributed by atoms with Crippen LogP contribution < -0.4 is 5.32 Å². The maximum atomic E-state index is 13.2. The fraction of sp³-hybridized carbons (Fsp3) is 0.391. The first-order chi connectivity index (χ1) is 13.2. The quantitative estimate of drug-likeness (QED) is 0.680. The fourth-order valence-electron chi connectivity index (χ4n) is 3.27. The van der Waals surface area contributed by atoms with E-state index in [2.05, 4.69) is 27.3 Å². The lowest BCUT2D eigenvalue weighted by Gasteiger charge is -2.29. The number of rotatable bonds is 7. The minimum Gasteiger partial charge on any atom is -0.352 e. The van der Waals surface area contributed by atoms with Crippen molar-refractivity contribution in [2.75, 3.05) is 0 Å². The molecule has 5 heteroatoms. The molecule has 4 nitrogen and oxygen atoms in total. The number of carbonyl (C=O) groups is 2. The van der Waals surface area contributed by atoms with Gasteiger partial charge < -0.3 is 10.2 Å². The minimum atomic E-state index is -0.556. The zero-order chi connectivity index (χ0) is 20.8. The summed E-state index contributed by atoms with van der Waals surface area (Å²) < 4.78 is 0.950. The van der Waals surface area contributed by atoms with Crippen LogP contribution in [0.3, 0.4) is 0 Å². The van der Waals surface area contributed by atoms with Crippen LogP contribution >= 0.6 is 15.9 Å². The molecule has 0 aromatic heterocycles. The van der Waals surface area contributed by atoms with Gasteiger partial charge in [-0.2, -0.15) is 0 Å².